The van der Waals surface area contributed by atoms with Gasteiger partial charge in [0.2, 0.25) is 5.91 Å². The van der Waals surface area contributed by atoms with E-state index in [0.717, 1.165) is 16.7 Å². The number of benzene rings is 1. The zero-order valence-electron chi connectivity index (χ0n) is 20.7. The molecule has 0 aliphatic rings. The molecule has 1 aromatic carbocycles. The second-order valence-electron chi connectivity index (χ2n) is 8.58. The van der Waals surface area contributed by atoms with Gasteiger partial charge in [-0.2, -0.15) is 0 Å². The van der Waals surface area contributed by atoms with Crippen LogP contribution < -0.4 is 21.7 Å². The van der Waals surface area contributed by atoms with Crippen LogP contribution in [0.3, 0.4) is 0 Å². The third-order valence-electron chi connectivity index (χ3n) is 5.77. The van der Waals surface area contributed by atoms with Crippen LogP contribution in [0.15, 0.2) is 54.2 Å². The molecule has 11 heteroatoms. The molecule has 10 nitrogen and oxygen atoms in total. The highest BCUT2D eigenvalue weighted by Crippen LogP contribution is 2.32. The molecule has 3 aromatic heterocycles. The summed E-state index contributed by atoms with van der Waals surface area (Å²) in [7, 11) is 3.36. The van der Waals surface area contributed by atoms with Crippen molar-refractivity contribution in [2.24, 2.45) is 19.8 Å². The van der Waals surface area contributed by atoms with Crippen molar-refractivity contribution in [3.8, 4) is 11.1 Å². The summed E-state index contributed by atoms with van der Waals surface area (Å²) in [6.45, 7) is 3.33. The van der Waals surface area contributed by atoms with E-state index in [-0.39, 0.29) is 17.5 Å². The highest BCUT2D eigenvalue weighted by molar-refractivity contribution is 7.12. The normalized spacial score (nSPS) is 10.7. The van der Waals surface area contributed by atoms with Crippen molar-refractivity contribution < 1.29 is 19.2 Å². The van der Waals surface area contributed by atoms with Crippen LogP contribution in [-0.4, -0.2) is 32.8 Å². The van der Waals surface area contributed by atoms with E-state index >= 15 is 0 Å². The Morgan fingerprint density at radius 2 is 1.38 bits per heavy atom. The fraction of sp³-hybridized carbons (Fsp3) is 0.154. The van der Waals surface area contributed by atoms with Crippen LogP contribution in [0.4, 0.5) is 17.1 Å². The predicted octanol–water partition coefficient (Wildman–Crippen LogP) is 3.96. The second-order valence-corrected chi connectivity index (χ2v) is 9.46. The van der Waals surface area contributed by atoms with Crippen molar-refractivity contribution in [2.45, 2.75) is 13.8 Å². The Hall–Kier alpha value is -4.64. The van der Waals surface area contributed by atoms with E-state index in [1.165, 1.54) is 28.9 Å². The van der Waals surface area contributed by atoms with Crippen molar-refractivity contribution in [1.82, 2.24) is 9.13 Å². The number of anilines is 3. The monoisotopic (exact) mass is 518 g/mol. The van der Waals surface area contributed by atoms with Crippen LogP contribution >= 0.6 is 11.3 Å². The van der Waals surface area contributed by atoms with E-state index in [0.29, 0.717) is 27.6 Å². The number of hydrogen-bond acceptors (Lipinski definition) is 5. The molecule has 0 fully saturated rings. The summed E-state index contributed by atoms with van der Waals surface area (Å²) in [4.78, 5) is 49.1. The second kappa shape index (κ2) is 10.2. The van der Waals surface area contributed by atoms with E-state index in [2.05, 4.69) is 16.0 Å². The van der Waals surface area contributed by atoms with E-state index < -0.39 is 11.8 Å². The minimum atomic E-state index is -0.596. The number of rotatable bonds is 7. The minimum Gasteiger partial charge on any atom is -0.364 e. The van der Waals surface area contributed by atoms with E-state index in [1.54, 1.807) is 37.1 Å². The van der Waals surface area contributed by atoms with Crippen LogP contribution in [0.1, 0.15) is 43.1 Å². The first-order chi connectivity index (χ1) is 17.5. The van der Waals surface area contributed by atoms with Gasteiger partial charge in [0.25, 0.3) is 17.7 Å². The first-order valence-corrected chi connectivity index (χ1v) is 12.1. The molecule has 3 heterocycles. The van der Waals surface area contributed by atoms with Crippen LogP contribution in [0.25, 0.3) is 11.1 Å². The maximum absolute atomic E-state index is 13.0. The summed E-state index contributed by atoms with van der Waals surface area (Å²) in [5.74, 6) is -1.42. The summed E-state index contributed by atoms with van der Waals surface area (Å²) in [5, 5.41) is 10.2. The van der Waals surface area contributed by atoms with Crippen LogP contribution in [0.2, 0.25) is 0 Å². The highest BCUT2D eigenvalue weighted by atomic mass is 32.1. The predicted molar refractivity (Wildman–Crippen MR) is 144 cm³/mol. The van der Waals surface area contributed by atoms with Gasteiger partial charge in [-0.3, -0.25) is 19.2 Å². The maximum atomic E-state index is 13.0. The largest absolute Gasteiger partial charge is 0.364 e. The Bertz CT molecular complexity index is 1530. The van der Waals surface area contributed by atoms with Crippen LogP contribution in [0.5, 0.6) is 0 Å². The van der Waals surface area contributed by atoms with Gasteiger partial charge < -0.3 is 30.8 Å². The van der Waals surface area contributed by atoms with Gasteiger partial charge in [0.15, 0.2) is 0 Å². The van der Waals surface area contributed by atoms with Gasteiger partial charge in [0.05, 0.1) is 16.3 Å². The standard InChI is InChI=1S/C26H26N6O4S/c1-14-20(16-5-7-17(8-6-16)28-15(2)33)13-37-23(14)26(36)30-19-10-22(32(4)12-19)25(35)29-18-9-21(24(27)34)31(3)11-18/h5-13H,1-4H3,(H2,27,34)(H,28,33)(H,29,35)(H,30,36). The van der Waals surface area contributed by atoms with E-state index in [4.69, 9.17) is 5.73 Å². The number of primary amides is 1. The Balaban J connectivity index is 1.47. The number of nitrogens with one attached hydrogen (secondary N) is 3. The lowest BCUT2D eigenvalue weighted by atomic mass is 10.0. The van der Waals surface area contributed by atoms with Crippen molar-refractivity contribution in [1.29, 1.82) is 0 Å². The molecule has 0 unspecified atom stereocenters. The molecule has 5 N–H and O–H groups in total. The molecule has 0 spiro atoms. The Labute approximate surface area is 217 Å². The molecule has 0 aliphatic heterocycles. The third-order valence-corrected chi connectivity index (χ3v) is 6.85. The van der Waals surface area contributed by atoms with Crippen molar-refractivity contribution in [3.05, 3.63) is 76.0 Å². The molecule has 0 saturated heterocycles. The Morgan fingerprint density at radius 1 is 0.811 bits per heavy atom. The number of amides is 4. The molecular weight excluding hydrogens is 492 g/mol. The number of carbonyl (C=O) groups is 4. The first kappa shape index (κ1) is 25.5. The zero-order chi connectivity index (χ0) is 26.9. The van der Waals surface area contributed by atoms with Gasteiger partial charge in [-0.25, -0.2) is 0 Å². The number of thiophene rings is 1. The third kappa shape index (κ3) is 5.46. The number of aryl methyl sites for hydroxylation is 2. The molecule has 4 amide bonds. The molecule has 4 aromatic rings. The lowest BCUT2D eigenvalue weighted by Crippen LogP contribution is -2.15. The van der Waals surface area contributed by atoms with Crippen LogP contribution in [0, 0.1) is 6.92 Å². The lowest BCUT2D eigenvalue weighted by molar-refractivity contribution is -0.114. The molecule has 0 aliphatic carbocycles. The Kier molecular flexibility index (Phi) is 6.98. The summed E-state index contributed by atoms with van der Waals surface area (Å²) in [6.07, 6.45) is 3.24. The molecule has 190 valence electrons. The highest BCUT2D eigenvalue weighted by Gasteiger charge is 2.19. The average Bonchev–Trinajstić information content (AvgIpc) is 3.50. The minimum absolute atomic E-state index is 0.141. The molecule has 0 radical (unpaired) electrons. The zero-order valence-corrected chi connectivity index (χ0v) is 21.5. The first-order valence-electron chi connectivity index (χ1n) is 11.2. The van der Waals surface area contributed by atoms with Crippen molar-refractivity contribution >= 4 is 52.0 Å². The van der Waals surface area contributed by atoms with E-state index in [1.807, 2.05) is 36.6 Å². The molecule has 37 heavy (non-hydrogen) atoms. The molecular formula is C26H26N6O4S. The Morgan fingerprint density at radius 3 is 1.95 bits per heavy atom. The number of carbonyl (C=O) groups excluding carboxylic acids is 4. The number of hydrogen-bond donors (Lipinski definition) is 4. The van der Waals surface area contributed by atoms with Gasteiger partial charge in [0.1, 0.15) is 11.4 Å². The molecule has 0 saturated carbocycles. The smallest absolute Gasteiger partial charge is 0.272 e. The maximum Gasteiger partial charge on any atom is 0.272 e. The quantitative estimate of drug-likeness (QED) is 0.294. The van der Waals surface area contributed by atoms with E-state index in [9.17, 15) is 19.2 Å². The lowest BCUT2D eigenvalue weighted by Gasteiger charge is -2.06. The fourth-order valence-corrected chi connectivity index (χ4v) is 4.97. The average molecular weight is 519 g/mol. The topological polar surface area (TPSA) is 140 Å². The SMILES string of the molecule is CC(=O)Nc1ccc(-c2csc(C(=O)Nc3cc(C(=O)Nc4cc(C(N)=O)n(C)c4)n(C)c3)c2C)cc1. The molecule has 4 rings (SSSR count). The van der Waals surface area contributed by atoms with Crippen LogP contribution in [-0.2, 0) is 18.9 Å². The van der Waals surface area contributed by atoms with Gasteiger partial charge in [-0.05, 0) is 53.3 Å². The van der Waals surface area contributed by atoms with Crippen molar-refractivity contribution in [2.75, 3.05) is 16.0 Å². The van der Waals surface area contributed by atoms with Gasteiger partial charge in [-0.15, -0.1) is 11.3 Å². The number of nitrogens with zero attached hydrogens (tertiary/aromatic N) is 2. The molecule has 0 bridgehead atoms. The van der Waals surface area contributed by atoms with Gasteiger partial charge >= 0.3 is 0 Å². The van der Waals surface area contributed by atoms with Gasteiger partial charge in [-0.1, -0.05) is 12.1 Å². The summed E-state index contributed by atoms with van der Waals surface area (Å²) >= 11 is 1.33. The number of nitrogens with two attached hydrogens (primary N) is 1. The number of aromatic nitrogens is 2. The fourth-order valence-electron chi connectivity index (χ4n) is 3.98. The van der Waals surface area contributed by atoms with Gasteiger partial charge in [0, 0.05) is 39.1 Å². The summed E-state index contributed by atoms with van der Waals surface area (Å²) < 4.78 is 3.13. The summed E-state index contributed by atoms with van der Waals surface area (Å²) in [5.41, 5.74) is 10.2. The van der Waals surface area contributed by atoms with Crippen molar-refractivity contribution in [3.63, 3.8) is 0 Å². The molecule has 0 atom stereocenters. The summed E-state index contributed by atoms with van der Waals surface area (Å²) in [6, 6.07) is 10.5.